The molecule has 0 aromatic heterocycles. The fourth-order valence-corrected chi connectivity index (χ4v) is 1.89. The van der Waals surface area contributed by atoms with Gasteiger partial charge in [-0.25, -0.2) is 4.79 Å². The van der Waals surface area contributed by atoms with Crippen molar-refractivity contribution in [2.75, 3.05) is 13.1 Å². The Kier molecular flexibility index (Phi) is 4.97. The molecule has 7 heteroatoms. The summed E-state index contributed by atoms with van der Waals surface area (Å²) in [5, 5.41) is 14.1. The number of hydrogen-bond donors (Lipinski definition) is 3. The molecule has 0 aliphatic heterocycles. The molecule has 3 N–H and O–H groups in total. The van der Waals surface area contributed by atoms with Gasteiger partial charge in [0.25, 0.3) is 0 Å². The molecule has 1 aliphatic rings. The molecule has 0 unspecified atom stereocenters. The van der Waals surface area contributed by atoms with E-state index in [4.69, 9.17) is 9.84 Å². The monoisotopic (exact) mass is 286 g/mol. The molecule has 0 atom stereocenters. The minimum absolute atomic E-state index is 0.174. The molecule has 1 rings (SSSR count). The van der Waals surface area contributed by atoms with Crippen molar-refractivity contribution in [2.24, 2.45) is 5.41 Å². The van der Waals surface area contributed by atoms with E-state index in [1.165, 1.54) is 0 Å². The SMILES string of the molecule is CC(C)(C)OC(=O)NCCNC(=O)C1(C(=O)O)CCC1. The topological polar surface area (TPSA) is 105 Å². The van der Waals surface area contributed by atoms with Crippen molar-refractivity contribution in [3.05, 3.63) is 0 Å². The number of carbonyl (C=O) groups excluding carboxylic acids is 2. The number of amides is 2. The van der Waals surface area contributed by atoms with E-state index in [1.807, 2.05) is 0 Å². The number of carbonyl (C=O) groups is 3. The Bertz CT molecular complexity index is 396. The lowest BCUT2D eigenvalue weighted by Gasteiger charge is -2.35. The zero-order chi connectivity index (χ0) is 15.4. The average Bonchev–Trinajstić information content (AvgIpc) is 2.19. The van der Waals surface area contributed by atoms with E-state index in [1.54, 1.807) is 20.8 Å². The van der Waals surface area contributed by atoms with E-state index in [-0.39, 0.29) is 13.1 Å². The molecular formula is C13H22N2O5. The third-order valence-corrected chi connectivity index (χ3v) is 3.13. The van der Waals surface area contributed by atoms with Gasteiger partial charge in [0, 0.05) is 13.1 Å². The number of ether oxygens (including phenoxy) is 1. The zero-order valence-electron chi connectivity index (χ0n) is 12.1. The van der Waals surface area contributed by atoms with Gasteiger partial charge in [0.05, 0.1) is 0 Å². The van der Waals surface area contributed by atoms with E-state index >= 15 is 0 Å². The molecular weight excluding hydrogens is 264 g/mol. The number of aliphatic carboxylic acids is 1. The van der Waals surface area contributed by atoms with Crippen molar-refractivity contribution in [2.45, 2.75) is 45.6 Å². The van der Waals surface area contributed by atoms with Gasteiger partial charge in [0.2, 0.25) is 5.91 Å². The summed E-state index contributed by atoms with van der Waals surface area (Å²) in [6, 6.07) is 0. The summed E-state index contributed by atoms with van der Waals surface area (Å²) >= 11 is 0. The normalized spacial score (nSPS) is 16.8. The number of nitrogens with one attached hydrogen (secondary N) is 2. The highest BCUT2D eigenvalue weighted by atomic mass is 16.6. The molecule has 2 amide bonds. The molecule has 1 saturated carbocycles. The standard InChI is InChI=1S/C13H22N2O5/c1-12(2,3)20-11(19)15-8-7-14-9(16)13(10(17)18)5-4-6-13/h4-8H2,1-3H3,(H,14,16)(H,15,19)(H,17,18). The fraction of sp³-hybridized carbons (Fsp3) is 0.769. The third-order valence-electron chi connectivity index (χ3n) is 3.13. The van der Waals surface area contributed by atoms with E-state index in [9.17, 15) is 14.4 Å². The summed E-state index contributed by atoms with van der Waals surface area (Å²) in [7, 11) is 0. The van der Waals surface area contributed by atoms with Crippen LogP contribution >= 0.6 is 0 Å². The Morgan fingerprint density at radius 1 is 1.15 bits per heavy atom. The zero-order valence-corrected chi connectivity index (χ0v) is 12.1. The van der Waals surface area contributed by atoms with Crippen LogP contribution in [0.2, 0.25) is 0 Å². The highest BCUT2D eigenvalue weighted by Crippen LogP contribution is 2.41. The lowest BCUT2D eigenvalue weighted by molar-refractivity contribution is -0.162. The minimum atomic E-state index is -1.27. The molecule has 0 aromatic carbocycles. The van der Waals surface area contributed by atoms with Gasteiger partial charge in [-0.15, -0.1) is 0 Å². The molecule has 20 heavy (non-hydrogen) atoms. The van der Waals surface area contributed by atoms with Crippen LogP contribution in [0.3, 0.4) is 0 Å². The second-order valence-corrected chi connectivity index (χ2v) is 5.93. The number of alkyl carbamates (subject to hydrolysis) is 1. The summed E-state index contributed by atoms with van der Waals surface area (Å²) < 4.78 is 5.03. The van der Waals surface area contributed by atoms with Crippen LogP contribution in [0.25, 0.3) is 0 Å². The predicted molar refractivity (Wildman–Crippen MR) is 71.2 cm³/mol. The van der Waals surface area contributed by atoms with Crippen molar-refractivity contribution in [1.82, 2.24) is 10.6 Å². The fourth-order valence-electron chi connectivity index (χ4n) is 1.89. The Labute approximate surface area is 118 Å². The lowest BCUT2D eigenvalue weighted by Crippen LogP contribution is -2.52. The van der Waals surface area contributed by atoms with Crippen LogP contribution in [0.15, 0.2) is 0 Å². The maximum absolute atomic E-state index is 11.8. The van der Waals surface area contributed by atoms with Crippen LogP contribution < -0.4 is 10.6 Å². The highest BCUT2D eigenvalue weighted by molar-refractivity contribution is 6.02. The van der Waals surface area contributed by atoms with Crippen molar-refractivity contribution in [3.8, 4) is 0 Å². The molecule has 114 valence electrons. The molecule has 1 aliphatic carbocycles. The molecule has 0 radical (unpaired) electrons. The summed E-state index contributed by atoms with van der Waals surface area (Å²) in [6.07, 6.45) is 0.917. The largest absolute Gasteiger partial charge is 0.480 e. The molecule has 1 fully saturated rings. The molecule has 0 aromatic rings. The predicted octanol–water partition coefficient (Wildman–Crippen LogP) is 0.882. The molecule has 0 spiro atoms. The van der Waals surface area contributed by atoms with Gasteiger partial charge >= 0.3 is 12.1 Å². The first-order valence-corrected chi connectivity index (χ1v) is 6.66. The number of carboxylic acids is 1. The number of hydrogen-bond acceptors (Lipinski definition) is 4. The Balaban J connectivity index is 2.26. The summed E-state index contributed by atoms with van der Waals surface area (Å²) in [5.74, 6) is -1.57. The lowest BCUT2D eigenvalue weighted by atomic mass is 9.68. The molecule has 0 bridgehead atoms. The highest BCUT2D eigenvalue weighted by Gasteiger charge is 2.50. The maximum Gasteiger partial charge on any atom is 0.407 e. The minimum Gasteiger partial charge on any atom is -0.480 e. The molecule has 0 heterocycles. The van der Waals surface area contributed by atoms with Gasteiger partial charge < -0.3 is 20.5 Å². The van der Waals surface area contributed by atoms with Crippen LogP contribution in [0.4, 0.5) is 4.79 Å². The first-order valence-electron chi connectivity index (χ1n) is 6.66. The van der Waals surface area contributed by atoms with Crippen molar-refractivity contribution >= 4 is 18.0 Å². The molecule has 7 nitrogen and oxygen atoms in total. The van der Waals surface area contributed by atoms with Crippen LogP contribution in [-0.2, 0) is 14.3 Å². The third kappa shape index (κ3) is 4.11. The van der Waals surface area contributed by atoms with Crippen molar-refractivity contribution in [1.29, 1.82) is 0 Å². The average molecular weight is 286 g/mol. The van der Waals surface area contributed by atoms with Gasteiger partial charge in [-0.3, -0.25) is 9.59 Å². The van der Waals surface area contributed by atoms with Crippen LogP contribution in [0, 0.1) is 5.41 Å². The van der Waals surface area contributed by atoms with Gasteiger partial charge in [0.1, 0.15) is 11.0 Å². The Morgan fingerprint density at radius 3 is 2.10 bits per heavy atom. The van der Waals surface area contributed by atoms with Gasteiger partial charge in [-0.1, -0.05) is 6.42 Å². The van der Waals surface area contributed by atoms with Crippen LogP contribution in [0.1, 0.15) is 40.0 Å². The van der Waals surface area contributed by atoms with Gasteiger partial charge in [-0.05, 0) is 33.6 Å². The Hall–Kier alpha value is -1.79. The summed E-state index contributed by atoms with van der Waals surface area (Å²) in [4.78, 5) is 34.3. The summed E-state index contributed by atoms with van der Waals surface area (Å²) in [5.41, 5.74) is -1.85. The smallest absolute Gasteiger partial charge is 0.407 e. The van der Waals surface area contributed by atoms with Crippen molar-refractivity contribution in [3.63, 3.8) is 0 Å². The second kappa shape index (κ2) is 6.11. The van der Waals surface area contributed by atoms with Crippen molar-refractivity contribution < 1.29 is 24.2 Å². The van der Waals surface area contributed by atoms with Crippen LogP contribution in [-0.4, -0.2) is 41.8 Å². The van der Waals surface area contributed by atoms with Crippen LogP contribution in [0.5, 0.6) is 0 Å². The van der Waals surface area contributed by atoms with E-state index < -0.39 is 29.0 Å². The Morgan fingerprint density at radius 2 is 1.70 bits per heavy atom. The first-order chi connectivity index (χ1) is 9.17. The number of rotatable bonds is 5. The van der Waals surface area contributed by atoms with E-state index in [0.717, 1.165) is 6.42 Å². The second-order valence-electron chi connectivity index (χ2n) is 5.93. The molecule has 0 saturated heterocycles. The quantitative estimate of drug-likeness (QED) is 0.514. The van der Waals surface area contributed by atoms with E-state index in [2.05, 4.69) is 10.6 Å². The first kappa shape index (κ1) is 16.3. The maximum atomic E-state index is 11.8. The van der Waals surface area contributed by atoms with Gasteiger partial charge in [0.15, 0.2) is 0 Å². The summed E-state index contributed by atoms with van der Waals surface area (Å²) in [6.45, 7) is 5.62. The van der Waals surface area contributed by atoms with Gasteiger partial charge in [-0.2, -0.15) is 0 Å². The number of carboxylic acid groups (broad SMARTS) is 1. The van der Waals surface area contributed by atoms with E-state index in [0.29, 0.717) is 12.8 Å².